The van der Waals surface area contributed by atoms with Crippen molar-refractivity contribution in [3.8, 4) is 0 Å². The molecule has 2 atom stereocenters. The molecule has 0 aliphatic carbocycles. The molecular weight excluding hydrogens is 263 g/mol. The summed E-state index contributed by atoms with van der Waals surface area (Å²) >= 11 is 0. The lowest BCUT2D eigenvalue weighted by Gasteiger charge is -2.24. The van der Waals surface area contributed by atoms with Crippen molar-refractivity contribution in [2.75, 3.05) is 19.7 Å². The van der Waals surface area contributed by atoms with Crippen LogP contribution < -0.4 is 0 Å². The molecule has 1 amide bonds. The van der Waals surface area contributed by atoms with Gasteiger partial charge in [-0.3, -0.25) is 0 Å². The molecule has 0 saturated carbocycles. The summed E-state index contributed by atoms with van der Waals surface area (Å²) < 4.78 is 42.3. The van der Waals surface area contributed by atoms with Crippen LogP contribution in [0.25, 0.3) is 0 Å². The Bertz CT molecular complexity index is 325. The number of alkyl halides is 3. The molecule has 0 bridgehead atoms. The molecule has 1 heterocycles. The maximum atomic E-state index is 12.4. The fourth-order valence-electron chi connectivity index (χ4n) is 2.15. The Kier molecular flexibility index (Phi) is 4.71. The first-order chi connectivity index (χ1) is 8.52. The Hall–Kier alpha value is -0.980. The van der Waals surface area contributed by atoms with Crippen LogP contribution in [0.5, 0.6) is 0 Å². The summed E-state index contributed by atoms with van der Waals surface area (Å²) in [7, 11) is 0. The molecule has 0 unspecified atom stereocenters. The van der Waals surface area contributed by atoms with Gasteiger partial charge < -0.3 is 14.7 Å². The average molecular weight is 283 g/mol. The third-order valence-electron chi connectivity index (χ3n) is 2.96. The smallest absolute Gasteiger partial charge is 0.410 e. The van der Waals surface area contributed by atoms with Crippen molar-refractivity contribution in [3.05, 3.63) is 0 Å². The number of likely N-dealkylation sites (tertiary alicyclic amines) is 1. The molecule has 1 aliphatic heterocycles. The highest BCUT2D eigenvalue weighted by Crippen LogP contribution is 2.34. The van der Waals surface area contributed by atoms with Crippen LogP contribution in [-0.4, -0.2) is 47.6 Å². The Morgan fingerprint density at radius 3 is 2.21 bits per heavy atom. The number of halogens is 3. The van der Waals surface area contributed by atoms with Crippen LogP contribution in [0, 0.1) is 11.8 Å². The second kappa shape index (κ2) is 5.56. The molecule has 1 fully saturated rings. The van der Waals surface area contributed by atoms with Gasteiger partial charge in [0.2, 0.25) is 0 Å². The Morgan fingerprint density at radius 1 is 1.26 bits per heavy atom. The number of nitrogens with zero attached hydrogens (tertiary/aromatic N) is 1. The van der Waals surface area contributed by atoms with E-state index in [4.69, 9.17) is 9.84 Å². The predicted molar refractivity (Wildman–Crippen MR) is 62.5 cm³/mol. The molecule has 0 aromatic carbocycles. The zero-order chi connectivity index (χ0) is 14.8. The van der Waals surface area contributed by atoms with Gasteiger partial charge in [0.05, 0.1) is 0 Å². The topological polar surface area (TPSA) is 49.8 Å². The summed E-state index contributed by atoms with van der Waals surface area (Å²) in [4.78, 5) is 13.0. The molecule has 1 rings (SSSR count). The van der Waals surface area contributed by atoms with Gasteiger partial charge in [-0.25, -0.2) is 4.79 Å². The molecular formula is C12H20F3NO3. The molecule has 0 aromatic heterocycles. The van der Waals surface area contributed by atoms with Crippen LogP contribution >= 0.6 is 0 Å². The first-order valence-electron chi connectivity index (χ1n) is 6.17. The van der Waals surface area contributed by atoms with Crippen LogP contribution in [-0.2, 0) is 4.74 Å². The molecule has 112 valence electrons. The average Bonchev–Trinajstić information content (AvgIpc) is 2.55. The maximum absolute atomic E-state index is 12.4. The summed E-state index contributed by atoms with van der Waals surface area (Å²) in [6.45, 7) is 4.79. The number of carbonyl (C=O) groups is 1. The lowest BCUT2D eigenvalue weighted by atomic mass is 9.93. The number of rotatable bonds is 2. The normalized spacial score (nSPS) is 24.7. The molecule has 4 nitrogen and oxygen atoms in total. The van der Waals surface area contributed by atoms with Crippen molar-refractivity contribution in [2.45, 2.75) is 39.0 Å². The van der Waals surface area contributed by atoms with Crippen molar-refractivity contribution in [1.82, 2.24) is 4.90 Å². The van der Waals surface area contributed by atoms with E-state index in [-0.39, 0.29) is 19.7 Å². The summed E-state index contributed by atoms with van der Waals surface area (Å²) in [5, 5.41) is 9.12. The number of carbonyl (C=O) groups excluding carboxylic acids is 1. The zero-order valence-corrected chi connectivity index (χ0v) is 11.3. The number of hydrogen-bond donors (Lipinski definition) is 1. The first-order valence-corrected chi connectivity index (χ1v) is 6.17. The molecule has 19 heavy (non-hydrogen) atoms. The van der Waals surface area contributed by atoms with Gasteiger partial charge in [-0.2, -0.15) is 13.2 Å². The van der Waals surface area contributed by atoms with Gasteiger partial charge in [0.25, 0.3) is 0 Å². The van der Waals surface area contributed by atoms with Gasteiger partial charge in [-0.1, -0.05) is 0 Å². The SMILES string of the molecule is CC(C)(C)OC(=O)N1C[C@H](CC(F)(F)F)[C@@H](CO)C1. The summed E-state index contributed by atoms with van der Waals surface area (Å²) in [6.07, 6.45) is -5.91. The van der Waals surface area contributed by atoms with Gasteiger partial charge in [-0.15, -0.1) is 0 Å². The zero-order valence-electron chi connectivity index (χ0n) is 11.3. The van der Waals surface area contributed by atoms with Crippen molar-refractivity contribution in [2.24, 2.45) is 11.8 Å². The Labute approximate surface area is 110 Å². The summed E-state index contributed by atoms with van der Waals surface area (Å²) in [5.74, 6) is -1.31. The standard InChI is InChI=1S/C12H20F3NO3/c1-11(2,3)19-10(18)16-5-8(4-12(13,14)15)9(6-16)7-17/h8-9,17H,4-7H2,1-3H3/t8-,9+/m0/s1. The minimum atomic E-state index is -4.29. The largest absolute Gasteiger partial charge is 0.444 e. The van der Waals surface area contributed by atoms with Crippen molar-refractivity contribution in [1.29, 1.82) is 0 Å². The monoisotopic (exact) mass is 283 g/mol. The second-order valence-corrected chi connectivity index (χ2v) is 5.91. The summed E-state index contributed by atoms with van der Waals surface area (Å²) in [6, 6.07) is 0. The molecule has 1 aliphatic rings. The fraction of sp³-hybridized carbons (Fsp3) is 0.917. The van der Waals surface area contributed by atoms with E-state index in [0.717, 1.165) is 0 Å². The van der Waals surface area contributed by atoms with Crippen LogP contribution in [0.4, 0.5) is 18.0 Å². The third kappa shape index (κ3) is 5.26. The molecule has 1 saturated heterocycles. The lowest BCUT2D eigenvalue weighted by molar-refractivity contribution is -0.146. The van der Waals surface area contributed by atoms with Crippen LogP contribution in [0.3, 0.4) is 0 Å². The van der Waals surface area contributed by atoms with Gasteiger partial charge >= 0.3 is 12.3 Å². The number of aliphatic hydroxyl groups is 1. The number of aliphatic hydroxyl groups excluding tert-OH is 1. The van der Waals surface area contributed by atoms with E-state index in [2.05, 4.69) is 0 Å². The first kappa shape index (κ1) is 16.1. The van der Waals surface area contributed by atoms with Gasteiger partial charge in [0.15, 0.2) is 0 Å². The lowest BCUT2D eigenvalue weighted by Crippen LogP contribution is -2.35. The molecule has 7 heteroatoms. The van der Waals surface area contributed by atoms with E-state index >= 15 is 0 Å². The molecule has 0 spiro atoms. The van der Waals surface area contributed by atoms with E-state index in [9.17, 15) is 18.0 Å². The van der Waals surface area contributed by atoms with E-state index in [0.29, 0.717) is 0 Å². The van der Waals surface area contributed by atoms with Crippen LogP contribution in [0.2, 0.25) is 0 Å². The van der Waals surface area contributed by atoms with Crippen molar-refractivity contribution >= 4 is 6.09 Å². The molecule has 0 radical (unpaired) electrons. The molecule has 1 N–H and O–H groups in total. The van der Waals surface area contributed by atoms with E-state index in [1.165, 1.54) is 4.90 Å². The highest BCUT2D eigenvalue weighted by molar-refractivity contribution is 5.68. The Morgan fingerprint density at radius 2 is 1.79 bits per heavy atom. The van der Waals surface area contributed by atoms with E-state index < -0.39 is 36.1 Å². The van der Waals surface area contributed by atoms with E-state index in [1.807, 2.05) is 0 Å². The van der Waals surface area contributed by atoms with Crippen molar-refractivity contribution < 1.29 is 27.8 Å². The van der Waals surface area contributed by atoms with Crippen LogP contribution in [0.15, 0.2) is 0 Å². The van der Waals surface area contributed by atoms with Crippen LogP contribution in [0.1, 0.15) is 27.2 Å². The number of ether oxygens (including phenoxy) is 1. The minimum Gasteiger partial charge on any atom is -0.444 e. The minimum absolute atomic E-state index is 0.0281. The number of hydrogen-bond acceptors (Lipinski definition) is 3. The third-order valence-corrected chi connectivity index (χ3v) is 2.96. The predicted octanol–water partition coefficient (Wildman–Crippen LogP) is 2.41. The number of amides is 1. The highest BCUT2D eigenvalue weighted by atomic mass is 19.4. The van der Waals surface area contributed by atoms with Crippen molar-refractivity contribution in [3.63, 3.8) is 0 Å². The maximum Gasteiger partial charge on any atom is 0.410 e. The van der Waals surface area contributed by atoms with Gasteiger partial charge in [0, 0.05) is 32.0 Å². The van der Waals surface area contributed by atoms with Gasteiger partial charge in [0.1, 0.15) is 5.60 Å². The van der Waals surface area contributed by atoms with Gasteiger partial charge in [-0.05, 0) is 26.7 Å². The molecule has 0 aromatic rings. The summed E-state index contributed by atoms with van der Waals surface area (Å²) in [5.41, 5.74) is -0.687. The second-order valence-electron chi connectivity index (χ2n) is 5.91. The highest BCUT2D eigenvalue weighted by Gasteiger charge is 2.42. The Balaban J connectivity index is 2.63. The fourth-order valence-corrected chi connectivity index (χ4v) is 2.15. The quantitative estimate of drug-likeness (QED) is 0.846. The van der Waals surface area contributed by atoms with E-state index in [1.54, 1.807) is 20.8 Å².